The summed E-state index contributed by atoms with van der Waals surface area (Å²) in [5.74, 6) is 0.891. The normalized spacial score (nSPS) is 11.2. The number of benzene rings is 2. The van der Waals surface area contributed by atoms with Crippen LogP contribution in [-0.2, 0) is 0 Å². The Kier molecular flexibility index (Phi) is 5.00. The minimum Gasteiger partial charge on any atom is -0.289 e. The lowest BCUT2D eigenvalue weighted by Crippen LogP contribution is -2.08. The van der Waals surface area contributed by atoms with Gasteiger partial charge in [-0.25, -0.2) is 0 Å². The van der Waals surface area contributed by atoms with E-state index in [2.05, 4.69) is 55.8 Å². The van der Waals surface area contributed by atoms with Crippen LogP contribution < -0.4 is 0 Å². The highest BCUT2D eigenvalue weighted by Crippen LogP contribution is 2.27. The first kappa shape index (κ1) is 16.0. The van der Waals surface area contributed by atoms with Crippen LogP contribution in [0.5, 0.6) is 0 Å². The average Bonchev–Trinajstić information content (AvgIpc) is 2.45. The lowest BCUT2D eigenvalue weighted by Gasteiger charge is -2.16. The van der Waals surface area contributed by atoms with Gasteiger partial charge in [-0.05, 0) is 35.1 Å². The second kappa shape index (κ2) is 6.57. The summed E-state index contributed by atoms with van der Waals surface area (Å²) in [6.45, 7) is 8.62. The number of hydrogen-bond acceptors (Lipinski definition) is 1. The van der Waals surface area contributed by atoms with Crippen molar-refractivity contribution in [3.63, 3.8) is 0 Å². The zero-order valence-corrected chi connectivity index (χ0v) is 14.6. The van der Waals surface area contributed by atoms with Crippen molar-refractivity contribution in [2.24, 2.45) is 0 Å². The molecule has 0 aliphatic heterocycles. The van der Waals surface area contributed by atoms with Crippen LogP contribution in [0.15, 0.2) is 46.9 Å². The van der Waals surface area contributed by atoms with Crippen LogP contribution in [0.3, 0.4) is 0 Å². The molecule has 1 nitrogen and oxygen atoms in total. The van der Waals surface area contributed by atoms with Crippen molar-refractivity contribution >= 4 is 21.7 Å². The van der Waals surface area contributed by atoms with Gasteiger partial charge in [0.2, 0.25) is 0 Å². The highest BCUT2D eigenvalue weighted by atomic mass is 79.9. The highest BCUT2D eigenvalue weighted by molar-refractivity contribution is 9.10. The Labute approximate surface area is 135 Å². The molecule has 0 radical (unpaired) electrons. The second-order valence-corrected chi connectivity index (χ2v) is 6.91. The molecule has 0 heterocycles. The predicted octanol–water partition coefficient (Wildman–Crippen LogP) is 5.93. The molecule has 0 atom stereocenters. The van der Waals surface area contributed by atoms with Crippen LogP contribution in [0.2, 0.25) is 0 Å². The monoisotopic (exact) mass is 344 g/mol. The van der Waals surface area contributed by atoms with E-state index in [1.165, 1.54) is 5.56 Å². The fourth-order valence-electron chi connectivity index (χ4n) is 2.41. The van der Waals surface area contributed by atoms with Gasteiger partial charge in [0, 0.05) is 15.6 Å². The molecule has 0 saturated carbocycles. The van der Waals surface area contributed by atoms with E-state index in [1.54, 1.807) is 0 Å². The Balaban J connectivity index is 2.50. The zero-order valence-electron chi connectivity index (χ0n) is 13.0. The summed E-state index contributed by atoms with van der Waals surface area (Å²) >= 11 is 3.43. The molecule has 2 aromatic carbocycles. The average molecular weight is 345 g/mol. The van der Waals surface area contributed by atoms with Crippen molar-refractivity contribution in [3.8, 4) is 0 Å². The van der Waals surface area contributed by atoms with Gasteiger partial charge in [-0.3, -0.25) is 4.79 Å². The van der Waals surface area contributed by atoms with Gasteiger partial charge in [0.1, 0.15) is 0 Å². The van der Waals surface area contributed by atoms with Crippen molar-refractivity contribution in [1.29, 1.82) is 0 Å². The topological polar surface area (TPSA) is 17.1 Å². The van der Waals surface area contributed by atoms with Gasteiger partial charge in [-0.1, -0.05) is 74.0 Å². The standard InChI is InChI=1S/C19H21BrO/c1-12(2)14-8-9-17(18(11-14)13(3)4)19(21)15-6-5-7-16(20)10-15/h5-13H,1-4H3. The van der Waals surface area contributed by atoms with E-state index >= 15 is 0 Å². The van der Waals surface area contributed by atoms with Gasteiger partial charge in [0.05, 0.1) is 0 Å². The first-order chi connectivity index (χ1) is 9.90. The smallest absolute Gasteiger partial charge is 0.193 e. The maximum absolute atomic E-state index is 12.8. The number of hydrogen-bond donors (Lipinski definition) is 0. The third-order valence-corrected chi connectivity index (χ3v) is 4.19. The molecule has 0 aliphatic carbocycles. The van der Waals surface area contributed by atoms with Gasteiger partial charge in [-0.15, -0.1) is 0 Å². The fraction of sp³-hybridized carbons (Fsp3) is 0.316. The molecule has 0 amide bonds. The molecule has 0 unspecified atom stereocenters. The summed E-state index contributed by atoms with van der Waals surface area (Å²) in [7, 11) is 0. The SMILES string of the molecule is CC(C)c1ccc(C(=O)c2cccc(Br)c2)c(C(C)C)c1. The van der Waals surface area contributed by atoms with Gasteiger partial charge < -0.3 is 0 Å². The molecule has 2 heteroatoms. The number of ketones is 1. The van der Waals surface area contributed by atoms with Crippen LogP contribution in [0, 0.1) is 0 Å². The van der Waals surface area contributed by atoms with Gasteiger partial charge >= 0.3 is 0 Å². The molecule has 0 bridgehead atoms. The predicted molar refractivity (Wildman–Crippen MR) is 92.2 cm³/mol. The van der Waals surface area contributed by atoms with Crippen molar-refractivity contribution < 1.29 is 4.79 Å². The van der Waals surface area contributed by atoms with Crippen LogP contribution in [0.1, 0.15) is 66.6 Å². The molecular formula is C19H21BrO. The van der Waals surface area contributed by atoms with E-state index in [-0.39, 0.29) is 5.78 Å². The Morgan fingerprint density at radius 3 is 2.24 bits per heavy atom. The summed E-state index contributed by atoms with van der Waals surface area (Å²) in [5, 5.41) is 0. The first-order valence-corrected chi connectivity index (χ1v) is 8.13. The maximum atomic E-state index is 12.8. The highest BCUT2D eigenvalue weighted by Gasteiger charge is 2.17. The Hall–Kier alpha value is -1.41. The molecule has 0 saturated heterocycles. The lowest BCUT2D eigenvalue weighted by atomic mass is 9.88. The molecule has 110 valence electrons. The van der Waals surface area contributed by atoms with E-state index < -0.39 is 0 Å². The van der Waals surface area contributed by atoms with E-state index in [0.29, 0.717) is 11.8 Å². The van der Waals surface area contributed by atoms with E-state index in [4.69, 9.17) is 0 Å². The van der Waals surface area contributed by atoms with Gasteiger partial charge in [0.15, 0.2) is 5.78 Å². The minimum absolute atomic E-state index is 0.0929. The van der Waals surface area contributed by atoms with Crippen LogP contribution >= 0.6 is 15.9 Å². The maximum Gasteiger partial charge on any atom is 0.193 e. The summed E-state index contributed by atoms with van der Waals surface area (Å²) in [5.41, 5.74) is 3.95. The summed E-state index contributed by atoms with van der Waals surface area (Å²) in [4.78, 5) is 12.8. The van der Waals surface area contributed by atoms with Crippen LogP contribution in [0.25, 0.3) is 0 Å². The quantitative estimate of drug-likeness (QED) is 0.628. The van der Waals surface area contributed by atoms with E-state index in [0.717, 1.165) is 21.2 Å². The molecule has 2 rings (SSSR count). The van der Waals surface area contributed by atoms with E-state index in [1.807, 2.05) is 30.3 Å². The van der Waals surface area contributed by atoms with Crippen LogP contribution in [-0.4, -0.2) is 5.78 Å². The van der Waals surface area contributed by atoms with Crippen molar-refractivity contribution in [2.75, 3.05) is 0 Å². The molecule has 0 fully saturated rings. The Morgan fingerprint density at radius 2 is 1.67 bits per heavy atom. The number of halogens is 1. The Bertz CT molecular complexity index is 656. The summed E-state index contributed by atoms with van der Waals surface area (Å²) in [6.07, 6.45) is 0. The van der Waals surface area contributed by atoms with Crippen LogP contribution in [0.4, 0.5) is 0 Å². The second-order valence-electron chi connectivity index (χ2n) is 6.00. The first-order valence-electron chi connectivity index (χ1n) is 7.34. The number of carbonyl (C=O) groups is 1. The Morgan fingerprint density at radius 1 is 0.952 bits per heavy atom. The van der Waals surface area contributed by atoms with Crippen molar-refractivity contribution in [1.82, 2.24) is 0 Å². The van der Waals surface area contributed by atoms with Crippen molar-refractivity contribution in [3.05, 3.63) is 69.2 Å². The largest absolute Gasteiger partial charge is 0.289 e. The third kappa shape index (κ3) is 3.62. The molecule has 0 aliphatic rings. The van der Waals surface area contributed by atoms with E-state index in [9.17, 15) is 4.79 Å². The summed E-state index contributed by atoms with van der Waals surface area (Å²) < 4.78 is 0.929. The zero-order chi connectivity index (χ0) is 15.6. The molecule has 0 N–H and O–H groups in total. The number of rotatable bonds is 4. The number of carbonyl (C=O) groups excluding carboxylic acids is 1. The fourth-order valence-corrected chi connectivity index (χ4v) is 2.81. The van der Waals surface area contributed by atoms with Gasteiger partial charge in [-0.2, -0.15) is 0 Å². The lowest BCUT2D eigenvalue weighted by molar-refractivity contribution is 0.103. The molecule has 0 spiro atoms. The van der Waals surface area contributed by atoms with Gasteiger partial charge in [0.25, 0.3) is 0 Å². The summed E-state index contributed by atoms with van der Waals surface area (Å²) in [6, 6.07) is 13.8. The van der Waals surface area contributed by atoms with Crippen molar-refractivity contribution in [2.45, 2.75) is 39.5 Å². The molecular weight excluding hydrogens is 324 g/mol. The third-order valence-electron chi connectivity index (χ3n) is 3.70. The molecule has 21 heavy (non-hydrogen) atoms. The molecule has 0 aromatic heterocycles. The molecule has 2 aromatic rings. The minimum atomic E-state index is 0.0929.